The van der Waals surface area contributed by atoms with Crippen molar-refractivity contribution in [2.45, 2.75) is 6.54 Å². The summed E-state index contributed by atoms with van der Waals surface area (Å²) in [6.07, 6.45) is 0. The van der Waals surface area contributed by atoms with Crippen molar-refractivity contribution >= 4 is 5.97 Å². The highest BCUT2D eigenvalue weighted by Crippen LogP contribution is 2.38. The van der Waals surface area contributed by atoms with E-state index in [1.807, 2.05) is 95.7 Å². The van der Waals surface area contributed by atoms with E-state index < -0.39 is 12.6 Å². The molecular weight excluding hydrogens is 464 g/mol. The van der Waals surface area contributed by atoms with Gasteiger partial charge in [-0.1, -0.05) is 78.9 Å². The third kappa shape index (κ3) is 5.38. The van der Waals surface area contributed by atoms with Gasteiger partial charge in [-0.2, -0.15) is 5.10 Å². The summed E-state index contributed by atoms with van der Waals surface area (Å²) in [5, 5.41) is 14.2. The number of methoxy groups -OCH3 is 1. The molecule has 0 aliphatic carbocycles. The molecule has 0 aliphatic rings. The lowest BCUT2D eigenvalue weighted by atomic mass is 10.0. The first-order valence-corrected chi connectivity index (χ1v) is 11.9. The quantitative estimate of drug-likeness (QED) is 0.259. The molecule has 0 unspecified atom stereocenters. The number of carboxylic acids is 1. The molecule has 0 saturated heterocycles. The van der Waals surface area contributed by atoms with Crippen molar-refractivity contribution in [3.8, 4) is 45.1 Å². The van der Waals surface area contributed by atoms with Crippen LogP contribution in [-0.4, -0.2) is 34.6 Å². The molecule has 0 radical (unpaired) electrons. The Balaban J connectivity index is 1.67. The van der Waals surface area contributed by atoms with Crippen molar-refractivity contribution in [1.82, 2.24) is 9.78 Å². The first-order chi connectivity index (χ1) is 18.1. The summed E-state index contributed by atoms with van der Waals surface area (Å²) in [5.74, 6) is 0.157. The van der Waals surface area contributed by atoms with Crippen LogP contribution in [0.1, 0.15) is 5.56 Å². The molecule has 0 fully saturated rings. The van der Waals surface area contributed by atoms with Gasteiger partial charge in [0.25, 0.3) is 0 Å². The highest BCUT2D eigenvalue weighted by molar-refractivity contribution is 5.80. The van der Waals surface area contributed by atoms with Gasteiger partial charge in [0.05, 0.1) is 25.0 Å². The Labute approximate surface area is 215 Å². The predicted molar refractivity (Wildman–Crippen MR) is 144 cm³/mol. The minimum atomic E-state index is -1.04. The number of para-hydroxylation sites is 1. The number of rotatable bonds is 9. The van der Waals surface area contributed by atoms with Gasteiger partial charge in [-0.05, 0) is 47.0 Å². The average Bonchev–Trinajstić information content (AvgIpc) is 3.36. The van der Waals surface area contributed by atoms with Crippen molar-refractivity contribution in [2.24, 2.45) is 0 Å². The largest absolute Gasteiger partial charge is 0.496 e. The Hall–Kier alpha value is -4.84. The Kier molecular flexibility index (Phi) is 6.99. The molecule has 1 heterocycles. The number of carboxylic acid groups (broad SMARTS) is 1. The molecule has 0 bridgehead atoms. The maximum Gasteiger partial charge on any atom is 0.341 e. The fraction of sp³-hybridized carbons (Fsp3) is 0.0968. The molecule has 0 amide bonds. The van der Waals surface area contributed by atoms with Gasteiger partial charge >= 0.3 is 5.97 Å². The van der Waals surface area contributed by atoms with Crippen LogP contribution in [0.2, 0.25) is 0 Å². The molecule has 184 valence electrons. The molecule has 0 saturated carbocycles. The van der Waals surface area contributed by atoms with E-state index in [4.69, 9.17) is 14.6 Å². The molecule has 1 aromatic heterocycles. The van der Waals surface area contributed by atoms with Gasteiger partial charge in [0.15, 0.2) is 6.61 Å². The van der Waals surface area contributed by atoms with E-state index in [1.165, 1.54) is 0 Å². The maximum absolute atomic E-state index is 11.3. The van der Waals surface area contributed by atoms with Crippen molar-refractivity contribution in [2.75, 3.05) is 13.7 Å². The standard InChI is InChI=1S/C31H26N2O4/c1-36-29-15-9-8-14-25(29)28-19-27(32-33(28)20-22-10-4-2-5-11-22)26-18-24(23-12-6-3-7-13-23)16-17-30(26)37-21-31(34)35/h2-19H,20-21H2,1H3,(H,34,35). The summed E-state index contributed by atoms with van der Waals surface area (Å²) in [7, 11) is 1.65. The number of nitrogens with zero attached hydrogens (tertiary/aromatic N) is 2. The molecule has 4 aromatic carbocycles. The van der Waals surface area contributed by atoms with E-state index in [0.717, 1.165) is 33.7 Å². The molecular formula is C31H26N2O4. The monoisotopic (exact) mass is 490 g/mol. The van der Waals surface area contributed by atoms with Crippen molar-refractivity contribution in [1.29, 1.82) is 0 Å². The first-order valence-electron chi connectivity index (χ1n) is 11.9. The predicted octanol–water partition coefficient (Wildman–Crippen LogP) is 6.40. The van der Waals surface area contributed by atoms with Crippen LogP contribution in [0.25, 0.3) is 33.6 Å². The van der Waals surface area contributed by atoms with Gasteiger partial charge in [-0.15, -0.1) is 0 Å². The highest BCUT2D eigenvalue weighted by Gasteiger charge is 2.19. The summed E-state index contributed by atoms with van der Waals surface area (Å²) in [6.45, 7) is 0.111. The molecule has 6 nitrogen and oxygen atoms in total. The Morgan fingerprint density at radius 2 is 1.49 bits per heavy atom. The summed E-state index contributed by atoms with van der Waals surface area (Å²) < 4.78 is 13.3. The van der Waals surface area contributed by atoms with Gasteiger partial charge in [0.2, 0.25) is 0 Å². The zero-order valence-corrected chi connectivity index (χ0v) is 20.4. The Morgan fingerprint density at radius 3 is 2.22 bits per heavy atom. The normalized spacial score (nSPS) is 10.7. The molecule has 1 N–H and O–H groups in total. The Bertz CT molecular complexity index is 1510. The molecule has 0 atom stereocenters. The maximum atomic E-state index is 11.3. The lowest BCUT2D eigenvalue weighted by Crippen LogP contribution is -2.10. The second kappa shape index (κ2) is 10.8. The van der Waals surface area contributed by atoms with Crippen LogP contribution < -0.4 is 9.47 Å². The summed E-state index contributed by atoms with van der Waals surface area (Å²) >= 11 is 0. The zero-order valence-electron chi connectivity index (χ0n) is 20.4. The fourth-order valence-electron chi connectivity index (χ4n) is 4.30. The number of carbonyl (C=O) groups is 1. The SMILES string of the molecule is COc1ccccc1-c1cc(-c2cc(-c3ccccc3)ccc2OCC(=O)O)nn1Cc1ccccc1. The van der Waals surface area contributed by atoms with Crippen LogP contribution in [0.4, 0.5) is 0 Å². The highest BCUT2D eigenvalue weighted by atomic mass is 16.5. The van der Waals surface area contributed by atoms with Gasteiger partial charge in [-0.3, -0.25) is 4.68 Å². The third-order valence-corrected chi connectivity index (χ3v) is 6.05. The molecule has 5 aromatic rings. The summed E-state index contributed by atoms with van der Waals surface area (Å²) in [4.78, 5) is 11.3. The van der Waals surface area contributed by atoms with Gasteiger partial charge in [-0.25, -0.2) is 4.79 Å². The molecule has 0 spiro atoms. The second-order valence-electron chi connectivity index (χ2n) is 8.52. The van der Waals surface area contributed by atoms with Crippen LogP contribution in [0.15, 0.2) is 109 Å². The van der Waals surface area contributed by atoms with E-state index in [9.17, 15) is 9.90 Å². The van der Waals surface area contributed by atoms with E-state index in [-0.39, 0.29) is 0 Å². The molecule has 5 rings (SSSR count). The number of ether oxygens (including phenoxy) is 2. The third-order valence-electron chi connectivity index (χ3n) is 6.05. The van der Waals surface area contributed by atoms with Crippen LogP contribution in [0.3, 0.4) is 0 Å². The average molecular weight is 491 g/mol. The van der Waals surface area contributed by atoms with E-state index in [2.05, 4.69) is 12.1 Å². The zero-order chi connectivity index (χ0) is 25.6. The topological polar surface area (TPSA) is 73.6 Å². The van der Waals surface area contributed by atoms with Gasteiger partial charge < -0.3 is 14.6 Å². The lowest BCUT2D eigenvalue weighted by molar-refractivity contribution is -0.139. The smallest absolute Gasteiger partial charge is 0.341 e. The van der Waals surface area contributed by atoms with Crippen LogP contribution in [0, 0.1) is 0 Å². The first kappa shape index (κ1) is 23.9. The number of hydrogen-bond donors (Lipinski definition) is 1. The molecule has 6 heteroatoms. The minimum Gasteiger partial charge on any atom is -0.496 e. The van der Waals surface area contributed by atoms with Crippen molar-refractivity contribution in [3.05, 3.63) is 115 Å². The van der Waals surface area contributed by atoms with E-state index in [1.54, 1.807) is 13.2 Å². The number of aliphatic carboxylic acids is 1. The van der Waals surface area contributed by atoms with E-state index in [0.29, 0.717) is 23.6 Å². The molecule has 37 heavy (non-hydrogen) atoms. The minimum absolute atomic E-state index is 0.443. The van der Waals surface area contributed by atoms with Crippen LogP contribution >= 0.6 is 0 Å². The van der Waals surface area contributed by atoms with Gasteiger partial charge in [0.1, 0.15) is 11.5 Å². The van der Waals surface area contributed by atoms with Gasteiger partial charge in [0, 0.05) is 11.1 Å². The Morgan fingerprint density at radius 1 is 0.784 bits per heavy atom. The molecule has 0 aliphatic heterocycles. The van der Waals surface area contributed by atoms with Crippen LogP contribution in [-0.2, 0) is 11.3 Å². The fourth-order valence-corrected chi connectivity index (χ4v) is 4.30. The second-order valence-corrected chi connectivity index (χ2v) is 8.52. The number of benzene rings is 4. The lowest BCUT2D eigenvalue weighted by Gasteiger charge is -2.11. The summed E-state index contributed by atoms with van der Waals surface area (Å²) in [6, 6.07) is 35.7. The van der Waals surface area contributed by atoms with Crippen molar-refractivity contribution in [3.63, 3.8) is 0 Å². The van der Waals surface area contributed by atoms with E-state index >= 15 is 0 Å². The number of aromatic nitrogens is 2. The van der Waals surface area contributed by atoms with Crippen LogP contribution in [0.5, 0.6) is 11.5 Å². The van der Waals surface area contributed by atoms with Crippen molar-refractivity contribution < 1.29 is 19.4 Å². The summed E-state index contributed by atoms with van der Waals surface area (Å²) in [5.41, 5.74) is 6.31. The number of hydrogen-bond acceptors (Lipinski definition) is 4.